The van der Waals surface area contributed by atoms with Crippen LogP contribution in [0, 0.1) is 5.92 Å². The van der Waals surface area contributed by atoms with Crippen molar-refractivity contribution in [3.05, 3.63) is 41.8 Å². The van der Waals surface area contributed by atoms with Crippen LogP contribution in [0.1, 0.15) is 12.8 Å². The second kappa shape index (κ2) is 9.05. The summed E-state index contributed by atoms with van der Waals surface area (Å²) in [5.41, 5.74) is 1.91. The van der Waals surface area contributed by atoms with E-state index in [1.165, 1.54) is 15.6 Å². The van der Waals surface area contributed by atoms with E-state index < -0.39 is 10.0 Å². The Balaban J connectivity index is 1.36. The Hall–Kier alpha value is -1.94. The standard InChI is InChI=1S/C21H28N4O3S2/c1-23-11-13-24(14-12-23)19-8-6-18(7-9-19)22-21(26)17-4-2-10-25(16-17)30(27,28)20-5-3-15-29-20/h3,5-9,15,17H,2,4,10-14,16H2,1H3,(H,22,26)/t17-/m0/s1. The van der Waals surface area contributed by atoms with E-state index in [1.54, 1.807) is 17.5 Å². The number of nitrogens with one attached hydrogen (secondary N) is 1. The maximum atomic E-state index is 12.8. The lowest BCUT2D eigenvalue weighted by Crippen LogP contribution is -2.44. The van der Waals surface area contributed by atoms with Crippen LogP contribution in [0.4, 0.5) is 11.4 Å². The number of hydrogen-bond acceptors (Lipinski definition) is 6. The van der Waals surface area contributed by atoms with Gasteiger partial charge in [-0.1, -0.05) is 6.07 Å². The van der Waals surface area contributed by atoms with Gasteiger partial charge in [0.1, 0.15) is 4.21 Å². The van der Waals surface area contributed by atoms with E-state index in [2.05, 4.69) is 22.2 Å². The molecule has 2 aromatic rings. The van der Waals surface area contributed by atoms with Gasteiger partial charge >= 0.3 is 0 Å². The van der Waals surface area contributed by atoms with Gasteiger partial charge < -0.3 is 15.1 Å². The smallest absolute Gasteiger partial charge is 0.252 e. The van der Waals surface area contributed by atoms with Crippen LogP contribution >= 0.6 is 11.3 Å². The van der Waals surface area contributed by atoms with E-state index in [-0.39, 0.29) is 18.4 Å². The van der Waals surface area contributed by atoms with Gasteiger partial charge in [0.05, 0.1) is 5.92 Å². The molecule has 3 heterocycles. The highest BCUT2D eigenvalue weighted by atomic mass is 32.2. The van der Waals surface area contributed by atoms with Gasteiger partial charge in [-0.3, -0.25) is 4.79 Å². The minimum atomic E-state index is -3.52. The molecule has 4 rings (SSSR count). The van der Waals surface area contributed by atoms with Gasteiger partial charge in [-0.05, 0) is 55.6 Å². The third kappa shape index (κ3) is 4.69. The fourth-order valence-electron chi connectivity index (χ4n) is 3.98. The maximum absolute atomic E-state index is 12.8. The first-order valence-electron chi connectivity index (χ1n) is 10.3. The van der Waals surface area contributed by atoms with Gasteiger partial charge in [-0.2, -0.15) is 4.31 Å². The number of thiophene rings is 1. The number of anilines is 2. The molecule has 0 radical (unpaired) electrons. The summed E-state index contributed by atoms with van der Waals surface area (Å²) in [6.07, 6.45) is 1.38. The van der Waals surface area contributed by atoms with Crippen LogP contribution in [0.3, 0.4) is 0 Å². The number of likely N-dealkylation sites (N-methyl/N-ethyl adjacent to an activating group) is 1. The fraction of sp³-hybridized carbons (Fsp3) is 0.476. The zero-order valence-corrected chi connectivity index (χ0v) is 18.8. The van der Waals surface area contributed by atoms with Gasteiger partial charge in [0.15, 0.2) is 0 Å². The SMILES string of the molecule is CN1CCN(c2ccc(NC(=O)[C@H]3CCCN(S(=O)(=O)c4cccs4)C3)cc2)CC1. The molecule has 30 heavy (non-hydrogen) atoms. The van der Waals surface area contributed by atoms with E-state index >= 15 is 0 Å². The van der Waals surface area contributed by atoms with Crippen LogP contribution in [0.25, 0.3) is 0 Å². The summed E-state index contributed by atoms with van der Waals surface area (Å²) in [4.78, 5) is 17.5. The Morgan fingerprint density at radius 1 is 1.07 bits per heavy atom. The van der Waals surface area contributed by atoms with Gasteiger partial charge in [-0.25, -0.2) is 8.42 Å². The monoisotopic (exact) mass is 448 g/mol. The molecular formula is C21H28N4O3S2. The quantitative estimate of drug-likeness (QED) is 0.761. The van der Waals surface area contributed by atoms with Gasteiger partial charge in [-0.15, -0.1) is 11.3 Å². The Kier molecular flexibility index (Phi) is 6.43. The number of rotatable bonds is 5. The average molecular weight is 449 g/mol. The molecule has 9 heteroatoms. The molecule has 0 spiro atoms. The van der Waals surface area contributed by atoms with Gasteiger partial charge in [0.25, 0.3) is 10.0 Å². The zero-order chi connectivity index (χ0) is 21.1. The lowest BCUT2D eigenvalue weighted by Gasteiger charge is -2.34. The Bertz CT molecular complexity index is 953. The molecule has 7 nitrogen and oxygen atoms in total. The molecule has 0 unspecified atom stereocenters. The predicted molar refractivity (Wildman–Crippen MR) is 121 cm³/mol. The van der Waals surface area contributed by atoms with E-state index in [4.69, 9.17) is 0 Å². The lowest BCUT2D eigenvalue weighted by atomic mass is 9.98. The molecular weight excluding hydrogens is 420 g/mol. The Morgan fingerprint density at radius 3 is 2.47 bits per heavy atom. The second-order valence-electron chi connectivity index (χ2n) is 7.96. The number of carbonyl (C=O) groups excluding carboxylic acids is 1. The van der Waals surface area contributed by atoms with Crippen LogP contribution < -0.4 is 10.2 Å². The second-order valence-corrected chi connectivity index (χ2v) is 11.1. The predicted octanol–water partition coefficient (Wildman–Crippen LogP) is 2.54. The van der Waals surface area contributed by atoms with Crippen LogP contribution in [0.5, 0.6) is 0 Å². The fourth-order valence-corrected chi connectivity index (χ4v) is 6.65. The summed E-state index contributed by atoms with van der Waals surface area (Å²) in [6, 6.07) is 11.3. The number of nitrogens with zero attached hydrogens (tertiary/aromatic N) is 3. The Labute approximate surface area is 182 Å². The number of piperidine rings is 1. The molecule has 1 amide bonds. The largest absolute Gasteiger partial charge is 0.369 e. The molecule has 2 saturated heterocycles. The number of carbonyl (C=O) groups is 1. The number of piperazine rings is 1. The van der Waals surface area contributed by atoms with Crippen molar-refractivity contribution in [1.29, 1.82) is 0 Å². The molecule has 0 aliphatic carbocycles. The van der Waals surface area contributed by atoms with Crippen molar-refractivity contribution >= 4 is 38.6 Å². The molecule has 2 aliphatic heterocycles. The van der Waals surface area contributed by atoms with Crippen LogP contribution in [0.15, 0.2) is 46.0 Å². The molecule has 0 saturated carbocycles. The van der Waals surface area contributed by atoms with E-state index in [1.807, 2.05) is 24.3 Å². The molecule has 0 bridgehead atoms. The van der Waals surface area contributed by atoms with Crippen molar-refractivity contribution in [3.63, 3.8) is 0 Å². The first-order valence-corrected chi connectivity index (χ1v) is 12.6. The van der Waals surface area contributed by atoms with E-state index in [9.17, 15) is 13.2 Å². The number of benzene rings is 1. The highest BCUT2D eigenvalue weighted by molar-refractivity contribution is 7.91. The maximum Gasteiger partial charge on any atom is 0.252 e. The summed E-state index contributed by atoms with van der Waals surface area (Å²) >= 11 is 1.21. The Morgan fingerprint density at radius 2 is 1.80 bits per heavy atom. The molecule has 1 atom stereocenters. The van der Waals surface area contributed by atoms with Crippen molar-refractivity contribution < 1.29 is 13.2 Å². The average Bonchev–Trinajstić information content (AvgIpc) is 3.31. The molecule has 162 valence electrons. The minimum Gasteiger partial charge on any atom is -0.369 e. The summed E-state index contributed by atoms with van der Waals surface area (Å²) in [6.45, 7) is 4.78. The van der Waals surface area contributed by atoms with Crippen molar-refractivity contribution in [3.8, 4) is 0 Å². The first kappa shape index (κ1) is 21.3. The van der Waals surface area contributed by atoms with E-state index in [0.29, 0.717) is 23.6 Å². The van der Waals surface area contributed by atoms with Crippen molar-refractivity contribution in [2.24, 2.45) is 5.92 Å². The van der Waals surface area contributed by atoms with E-state index in [0.717, 1.165) is 37.6 Å². The molecule has 1 N–H and O–H groups in total. The lowest BCUT2D eigenvalue weighted by molar-refractivity contribution is -0.120. The number of hydrogen-bond donors (Lipinski definition) is 1. The normalized spacial score (nSPS) is 21.5. The molecule has 2 fully saturated rings. The zero-order valence-electron chi connectivity index (χ0n) is 17.2. The summed E-state index contributed by atoms with van der Waals surface area (Å²) < 4.78 is 27.3. The van der Waals surface area contributed by atoms with Gasteiger partial charge in [0.2, 0.25) is 5.91 Å². The third-order valence-electron chi connectivity index (χ3n) is 5.85. The van der Waals surface area contributed by atoms with Crippen molar-refractivity contribution in [2.45, 2.75) is 17.1 Å². The van der Waals surface area contributed by atoms with Crippen LogP contribution in [-0.2, 0) is 14.8 Å². The first-order chi connectivity index (χ1) is 14.4. The molecule has 2 aliphatic rings. The highest BCUT2D eigenvalue weighted by Crippen LogP contribution is 2.27. The third-order valence-corrected chi connectivity index (χ3v) is 9.09. The van der Waals surface area contributed by atoms with Gasteiger partial charge in [0, 0.05) is 50.6 Å². The summed E-state index contributed by atoms with van der Waals surface area (Å²) in [5, 5.41) is 4.73. The summed E-state index contributed by atoms with van der Waals surface area (Å²) in [5.74, 6) is -0.459. The number of amides is 1. The van der Waals surface area contributed by atoms with Crippen LogP contribution in [-0.4, -0.2) is 69.8 Å². The summed E-state index contributed by atoms with van der Waals surface area (Å²) in [7, 11) is -1.38. The van der Waals surface area contributed by atoms with Crippen LogP contribution in [0.2, 0.25) is 0 Å². The topological polar surface area (TPSA) is 73.0 Å². The highest BCUT2D eigenvalue weighted by Gasteiger charge is 2.33. The van der Waals surface area contributed by atoms with Crippen molar-refractivity contribution in [2.75, 3.05) is 56.5 Å². The van der Waals surface area contributed by atoms with Crippen molar-refractivity contribution in [1.82, 2.24) is 9.21 Å². The molecule has 1 aromatic heterocycles. The minimum absolute atomic E-state index is 0.117. The number of sulfonamides is 1. The molecule has 1 aromatic carbocycles.